The molecule has 17 nitrogen and oxygen atoms in total. The molecule has 0 radical (unpaired) electrons. The molecule has 5 aliphatic rings. The summed E-state index contributed by atoms with van der Waals surface area (Å²) < 4.78 is 19.6. The Bertz CT molecular complexity index is 2970. The first-order valence-electron chi connectivity index (χ1n) is 28.5. The van der Waals surface area contributed by atoms with Crippen molar-refractivity contribution in [2.45, 2.75) is 135 Å². The summed E-state index contributed by atoms with van der Waals surface area (Å²) >= 11 is 0. The van der Waals surface area contributed by atoms with E-state index >= 15 is 0 Å². The van der Waals surface area contributed by atoms with E-state index in [2.05, 4.69) is 61.6 Å². The quantitative estimate of drug-likeness (QED) is 0.0769. The molecule has 0 saturated carbocycles. The van der Waals surface area contributed by atoms with Gasteiger partial charge in [0.2, 0.25) is 35.4 Å². The summed E-state index contributed by atoms with van der Waals surface area (Å²) in [6.07, 6.45) is 3.31. The Balaban J connectivity index is 0.00000369. The third-order valence-electron chi connectivity index (χ3n) is 17.1. The van der Waals surface area contributed by atoms with Gasteiger partial charge in [0, 0.05) is 75.2 Å². The molecule has 2 fully saturated rings. The van der Waals surface area contributed by atoms with E-state index < -0.39 is 46.7 Å². The third-order valence-corrected chi connectivity index (χ3v) is 17.1. The van der Waals surface area contributed by atoms with E-state index in [0.29, 0.717) is 43.1 Å². The normalized spacial score (nSPS) is 23.0. The van der Waals surface area contributed by atoms with Crippen molar-refractivity contribution in [2.75, 3.05) is 76.3 Å². The summed E-state index contributed by atoms with van der Waals surface area (Å²) in [6, 6.07) is 23.5. The zero-order valence-corrected chi connectivity index (χ0v) is 51.4. The minimum absolute atomic E-state index is 0. The van der Waals surface area contributed by atoms with E-state index in [4.69, 9.17) is 4.74 Å². The number of ether oxygens (including phenoxy) is 1. The molecule has 0 spiro atoms. The smallest absolute Gasteiger partial charge is 0.246 e. The van der Waals surface area contributed by atoms with Crippen LogP contribution in [-0.2, 0) is 64.7 Å². The monoisotopic (exact) mass is 1200 g/mol. The fraction of sp³-hybridized carbons (Fsp3) is 0.516. The number of rotatable bonds is 16. The van der Waals surface area contributed by atoms with Gasteiger partial charge in [-0.1, -0.05) is 75.4 Å². The van der Waals surface area contributed by atoms with E-state index in [9.17, 15) is 33.2 Å². The van der Waals surface area contributed by atoms with Crippen LogP contribution in [-0.4, -0.2) is 152 Å². The number of morpholine rings is 1. The number of nitrogens with zero attached hydrogens (tertiary/aromatic N) is 4. The Hall–Kier alpha value is -5.70. The summed E-state index contributed by atoms with van der Waals surface area (Å²) in [5.41, 5.74) is 5.41. The van der Waals surface area contributed by atoms with Crippen LogP contribution in [0.15, 0.2) is 84.9 Å². The van der Waals surface area contributed by atoms with Gasteiger partial charge in [-0.2, -0.15) is 0 Å². The maximum Gasteiger partial charge on any atom is 0.246 e. The predicted octanol–water partition coefficient (Wildman–Crippen LogP) is 6.01. The number of piperazine rings is 1. The zero-order chi connectivity index (χ0) is 57.0. The molecule has 9 rings (SSSR count). The lowest BCUT2D eigenvalue weighted by Gasteiger charge is -2.43. The number of likely N-dealkylation sites (N-methyl/N-ethyl adjacent to an activating group) is 1. The number of hydrogen-bond donors (Lipinski definition) is 6. The molecule has 4 aromatic rings. The number of hydrogen-bond acceptors (Lipinski definition) is 11. The topological polar surface area (TPSA) is 197 Å². The van der Waals surface area contributed by atoms with Gasteiger partial charge in [0.25, 0.3) is 0 Å². The molecule has 0 aromatic heterocycles. The Labute approximate surface area is 506 Å². The van der Waals surface area contributed by atoms with Crippen molar-refractivity contribution in [3.05, 3.63) is 130 Å². The largest absolute Gasteiger partial charge is 0.379 e. The lowest BCUT2D eigenvalue weighted by Crippen LogP contribution is -2.62. The van der Waals surface area contributed by atoms with E-state index in [1.165, 1.54) is 17.7 Å². The fourth-order valence-corrected chi connectivity index (χ4v) is 12.2. The zero-order valence-electron chi connectivity index (χ0n) is 49.0. The number of benzene rings is 4. The molecule has 83 heavy (non-hydrogen) atoms. The molecule has 0 bridgehead atoms. The van der Waals surface area contributed by atoms with Crippen LogP contribution in [0, 0.1) is 11.2 Å². The number of halogens is 4. The van der Waals surface area contributed by atoms with Crippen LogP contribution in [0.3, 0.4) is 0 Å². The highest BCUT2D eigenvalue weighted by atomic mass is 35.5. The van der Waals surface area contributed by atoms with Crippen LogP contribution in [0.4, 0.5) is 15.8 Å². The van der Waals surface area contributed by atoms with Gasteiger partial charge >= 0.3 is 0 Å². The first-order valence-corrected chi connectivity index (χ1v) is 28.5. The van der Waals surface area contributed by atoms with Gasteiger partial charge in [-0.3, -0.25) is 38.6 Å². The minimum Gasteiger partial charge on any atom is -0.379 e. The van der Waals surface area contributed by atoms with Gasteiger partial charge in [0.15, 0.2) is 0 Å². The average molecular weight is 1210 g/mol. The number of anilines is 2. The number of carbonyl (C=O) groups excluding carboxylic acids is 6. The SMILES string of the molecule is CNC(C)C(=O)NC(C(=O)N1Cc2cc(NC(=O)CNC(=O)[C@@]3(C)CN(C(=O)CN4C[C@@H](C)NC[C@@H]4CN4CCOC[C@H]4C)c4cc(Cc5ccc(F)cc5)ccc43)ccc2C[C@H]1C(=O)N[C@@H]1CCCc2ccccc21)C(C)(C)C.Cl.Cl.Cl. The highest BCUT2D eigenvalue weighted by Crippen LogP contribution is 2.42. The molecular formula is C62H84Cl3FN10O7. The lowest BCUT2D eigenvalue weighted by molar-refractivity contribution is -0.147. The molecule has 4 aromatic carbocycles. The highest BCUT2D eigenvalue weighted by Gasteiger charge is 2.48. The van der Waals surface area contributed by atoms with E-state index in [-0.39, 0.29) is 118 Å². The van der Waals surface area contributed by atoms with Crippen molar-refractivity contribution in [2.24, 2.45) is 5.41 Å². The van der Waals surface area contributed by atoms with Crippen LogP contribution in [0.25, 0.3) is 0 Å². The Morgan fingerprint density at radius 2 is 1.63 bits per heavy atom. The van der Waals surface area contributed by atoms with E-state index in [0.717, 1.165) is 66.7 Å². The second-order valence-corrected chi connectivity index (χ2v) is 24.1. The van der Waals surface area contributed by atoms with Gasteiger partial charge < -0.3 is 46.4 Å². The van der Waals surface area contributed by atoms with Crippen LogP contribution in [0.5, 0.6) is 0 Å². The van der Waals surface area contributed by atoms with Gasteiger partial charge in [-0.25, -0.2) is 4.39 Å². The number of amides is 6. The second kappa shape index (κ2) is 28.5. The number of fused-ring (bicyclic) bond motifs is 3. The van der Waals surface area contributed by atoms with Crippen LogP contribution >= 0.6 is 37.2 Å². The van der Waals surface area contributed by atoms with Gasteiger partial charge in [-0.05, 0) is 135 Å². The van der Waals surface area contributed by atoms with Crippen molar-refractivity contribution in [3.63, 3.8) is 0 Å². The summed E-state index contributed by atoms with van der Waals surface area (Å²) in [7, 11) is 1.67. The van der Waals surface area contributed by atoms with Crippen LogP contribution in [0.2, 0.25) is 0 Å². The Kier molecular flexibility index (Phi) is 22.8. The van der Waals surface area contributed by atoms with Gasteiger partial charge in [0.05, 0.1) is 43.8 Å². The molecule has 2 unspecified atom stereocenters. The highest BCUT2D eigenvalue weighted by molar-refractivity contribution is 6.04. The molecule has 6 N–H and O–H groups in total. The van der Waals surface area contributed by atoms with Gasteiger partial charge in [0.1, 0.15) is 17.9 Å². The molecule has 8 atom stereocenters. The first kappa shape index (κ1) is 66.4. The Morgan fingerprint density at radius 3 is 2.35 bits per heavy atom. The molecule has 2 saturated heterocycles. The first-order chi connectivity index (χ1) is 38.2. The maximum atomic E-state index is 14.9. The van der Waals surface area contributed by atoms with Crippen molar-refractivity contribution in [1.82, 2.24) is 41.3 Å². The van der Waals surface area contributed by atoms with Crippen LogP contribution in [0.1, 0.15) is 106 Å². The molecule has 1 aliphatic carbocycles. The molecule has 21 heteroatoms. The van der Waals surface area contributed by atoms with Crippen molar-refractivity contribution < 1.29 is 37.9 Å². The van der Waals surface area contributed by atoms with Crippen molar-refractivity contribution in [3.8, 4) is 0 Å². The van der Waals surface area contributed by atoms with E-state index in [1.807, 2.05) is 63.2 Å². The summed E-state index contributed by atoms with van der Waals surface area (Å²) in [4.78, 5) is 94.1. The minimum atomic E-state index is -1.22. The average Bonchev–Trinajstić information content (AvgIpc) is 3.88. The third kappa shape index (κ3) is 15.4. The molecule has 452 valence electrons. The fourth-order valence-electron chi connectivity index (χ4n) is 12.2. The second-order valence-electron chi connectivity index (χ2n) is 24.1. The maximum absolute atomic E-state index is 14.9. The summed E-state index contributed by atoms with van der Waals surface area (Å²) in [5.74, 6) is -2.39. The van der Waals surface area contributed by atoms with Crippen LogP contribution < -0.4 is 36.8 Å². The number of nitrogens with one attached hydrogen (secondary N) is 6. The summed E-state index contributed by atoms with van der Waals surface area (Å²) in [5, 5.41) is 18.6. The predicted molar refractivity (Wildman–Crippen MR) is 328 cm³/mol. The molecular weight excluding hydrogens is 1120 g/mol. The molecule has 4 heterocycles. The van der Waals surface area contributed by atoms with E-state index in [1.54, 1.807) is 55.0 Å². The van der Waals surface area contributed by atoms with Crippen molar-refractivity contribution >= 4 is 84.0 Å². The standard InChI is InChI=1S/C62H81FN10O7.3ClH/c1-38-32-71(48(30-65-38)34-70-24-25-80-36-39(70)2)35-55(75)73-37-62(7,50-23-18-42(27-52(50)73)26-41-16-20-46(63)21-17-41)60(79)66-31-54(74)67-47-22-19-44-29-53(58(77)68-51-15-11-13-43-12-9-10-14-49(43)51)72(33-45(44)28-47)59(78)56(61(4,5)6)69-57(76)40(3)64-8;;;/h9-10,12,14,16-23,27-28,38-40,48,51,53,56,64-65H,11,13,15,24-26,29-37H2,1-8H3,(H,66,79)(H,67,74)(H,68,77)(H,69,76);3*1H/t38-,39-,40?,48-,51-,53+,56?,62+;;;/m1.../s1. The van der Waals surface area contributed by atoms with Gasteiger partial charge in [-0.15, -0.1) is 37.2 Å². The molecule has 6 amide bonds. The number of carbonyl (C=O) groups is 6. The summed E-state index contributed by atoms with van der Waals surface area (Å²) in [6.45, 7) is 17.7. The Morgan fingerprint density at radius 1 is 0.892 bits per heavy atom. The molecule has 4 aliphatic heterocycles. The lowest BCUT2D eigenvalue weighted by atomic mass is 9.83. The number of aryl methyl sites for hydroxylation is 1. The van der Waals surface area contributed by atoms with Crippen molar-refractivity contribution in [1.29, 1.82) is 0 Å².